The van der Waals surface area contributed by atoms with Crippen LogP contribution >= 0.6 is 0 Å². The lowest BCUT2D eigenvalue weighted by atomic mass is 9.90. The van der Waals surface area contributed by atoms with Crippen molar-refractivity contribution in [1.29, 1.82) is 0 Å². The topological polar surface area (TPSA) is 70.0 Å². The number of likely N-dealkylation sites (tertiary alicyclic amines) is 1. The minimum Gasteiger partial charge on any atom is -0.444 e. The van der Waals surface area contributed by atoms with Crippen molar-refractivity contribution in [2.24, 2.45) is 5.92 Å². The summed E-state index contributed by atoms with van der Waals surface area (Å²) in [5, 5.41) is 18.6. The molecule has 1 aliphatic heterocycles. The largest absolute Gasteiger partial charge is 0.444 e. The maximum atomic E-state index is 12.0. The summed E-state index contributed by atoms with van der Waals surface area (Å²) in [6.07, 6.45) is 1.26. The molecule has 0 aromatic rings. The standard InChI is InChI=1S/C12H23NO4/c1-12(2,3)17-11(16)13-6-4-5-9(7-14)10(13)8-15/h9-10,14-15H,4-8H2,1-3H3. The van der Waals surface area contributed by atoms with Gasteiger partial charge < -0.3 is 19.8 Å². The highest BCUT2D eigenvalue weighted by molar-refractivity contribution is 5.68. The summed E-state index contributed by atoms with van der Waals surface area (Å²) in [7, 11) is 0. The Morgan fingerprint density at radius 3 is 2.47 bits per heavy atom. The molecule has 2 unspecified atom stereocenters. The molecule has 0 aromatic carbocycles. The van der Waals surface area contributed by atoms with E-state index < -0.39 is 11.7 Å². The van der Waals surface area contributed by atoms with Crippen LogP contribution in [-0.2, 0) is 4.74 Å². The Labute approximate surface area is 102 Å². The monoisotopic (exact) mass is 245 g/mol. The van der Waals surface area contributed by atoms with Crippen molar-refractivity contribution in [3.05, 3.63) is 0 Å². The molecule has 17 heavy (non-hydrogen) atoms. The molecular weight excluding hydrogens is 222 g/mol. The highest BCUT2D eigenvalue weighted by Gasteiger charge is 2.35. The van der Waals surface area contributed by atoms with Crippen LogP contribution in [0.2, 0.25) is 0 Å². The number of aliphatic hydroxyl groups excluding tert-OH is 2. The van der Waals surface area contributed by atoms with E-state index in [4.69, 9.17) is 4.74 Å². The van der Waals surface area contributed by atoms with E-state index in [0.29, 0.717) is 6.54 Å². The fraction of sp³-hybridized carbons (Fsp3) is 0.917. The van der Waals surface area contributed by atoms with Crippen molar-refractivity contribution in [2.75, 3.05) is 19.8 Å². The number of carbonyl (C=O) groups is 1. The van der Waals surface area contributed by atoms with Crippen LogP contribution in [0.1, 0.15) is 33.6 Å². The van der Waals surface area contributed by atoms with Crippen LogP contribution in [0.15, 0.2) is 0 Å². The van der Waals surface area contributed by atoms with E-state index >= 15 is 0 Å². The number of carbonyl (C=O) groups excluding carboxylic acids is 1. The second-order valence-corrected chi connectivity index (χ2v) is 5.51. The molecule has 1 fully saturated rings. The summed E-state index contributed by atoms with van der Waals surface area (Å²) in [5.74, 6) is -0.0544. The maximum absolute atomic E-state index is 12.0. The number of aliphatic hydroxyl groups is 2. The zero-order valence-electron chi connectivity index (χ0n) is 10.8. The Balaban J connectivity index is 2.70. The molecule has 5 heteroatoms. The number of amides is 1. The van der Waals surface area contributed by atoms with Gasteiger partial charge in [-0.2, -0.15) is 0 Å². The van der Waals surface area contributed by atoms with Gasteiger partial charge in [0.25, 0.3) is 0 Å². The minimum atomic E-state index is -0.538. The first-order valence-electron chi connectivity index (χ1n) is 6.10. The van der Waals surface area contributed by atoms with Gasteiger partial charge >= 0.3 is 6.09 Å². The van der Waals surface area contributed by atoms with Crippen molar-refractivity contribution in [1.82, 2.24) is 4.90 Å². The van der Waals surface area contributed by atoms with Gasteiger partial charge in [0.15, 0.2) is 0 Å². The Hall–Kier alpha value is -0.810. The second kappa shape index (κ2) is 5.69. The molecule has 2 atom stereocenters. The predicted molar refractivity (Wildman–Crippen MR) is 63.6 cm³/mol. The van der Waals surface area contributed by atoms with E-state index in [9.17, 15) is 15.0 Å². The van der Waals surface area contributed by atoms with Crippen molar-refractivity contribution in [3.63, 3.8) is 0 Å². The molecule has 5 nitrogen and oxygen atoms in total. The molecule has 1 heterocycles. The van der Waals surface area contributed by atoms with Crippen LogP contribution in [-0.4, -0.2) is 52.6 Å². The Bertz CT molecular complexity index is 262. The molecule has 0 bridgehead atoms. The first-order chi connectivity index (χ1) is 7.89. The molecule has 0 spiro atoms. The Kier molecular flexibility index (Phi) is 4.77. The van der Waals surface area contributed by atoms with Crippen LogP contribution in [0.3, 0.4) is 0 Å². The third kappa shape index (κ3) is 3.85. The molecule has 100 valence electrons. The van der Waals surface area contributed by atoms with E-state index in [2.05, 4.69) is 0 Å². The van der Waals surface area contributed by atoms with Gasteiger partial charge in [-0.1, -0.05) is 0 Å². The summed E-state index contributed by atoms with van der Waals surface area (Å²) < 4.78 is 5.30. The predicted octanol–water partition coefficient (Wildman–Crippen LogP) is 0.987. The zero-order chi connectivity index (χ0) is 13.1. The van der Waals surface area contributed by atoms with Gasteiger partial charge in [-0.05, 0) is 33.6 Å². The van der Waals surface area contributed by atoms with E-state index in [1.54, 1.807) is 0 Å². The number of nitrogens with zero attached hydrogens (tertiary/aromatic N) is 1. The van der Waals surface area contributed by atoms with Crippen molar-refractivity contribution in [3.8, 4) is 0 Å². The van der Waals surface area contributed by atoms with Crippen LogP contribution in [0.25, 0.3) is 0 Å². The zero-order valence-corrected chi connectivity index (χ0v) is 10.8. The highest BCUT2D eigenvalue weighted by Crippen LogP contribution is 2.25. The summed E-state index contributed by atoms with van der Waals surface area (Å²) >= 11 is 0. The smallest absolute Gasteiger partial charge is 0.410 e. The average molecular weight is 245 g/mol. The van der Waals surface area contributed by atoms with Gasteiger partial charge in [0.05, 0.1) is 12.6 Å². The fourth-order valence-corrected chi connectivity index (χ4v) is 2.14. The van der Waals surface area contributed by atoms with Crippen LogP contribution in [0, 0.1) is 5.92 Å². The van der Waals surface area contributed by atoms with Gasteiger partial charge in [-0.3, -0.25) is 0 Å². The van der Waals surface area contributed by atoms with Crippen molar-refractivity contribution < 1.29 is 19.7 Å². The molecule has 0 aliphatic carbocycles. The summed E-state index contributed by atoms with van der Waals surface area (Å²) in [6.45, 7) is 5.87. The normalized spacial score (nSPS) is 25.8. The first-order valence-corrected chi connectivity index (χ1v) is 6.10. The van der Waals surface area contributed by atoms with Crippen molar-refractivity contribution in [2.45, 2.75) is 45.3 Å². The lowest BCUT2D eigenvalue weighted by molar-refractivity contribution is -0.0189. The van der Waals surface area contributed by atoms with Gasteiger partial charge in [0, 0.05) is 19.1 Å². The van der Waals surface area contributed by atoms with E-state index in [1.807, 2.05) is 20.8 Å². The molecule has 1 rings (SSSR count). The van der Waals surface area contributed by atoms with E-state index in [0.717, 1.165) is 12.8 Å². The molecule has 0 aromatic heterocycles. The molecule has 1 aliphatic rings. The summed E-state index contributed by atoms with van der Waals surface area (Å²) in [4.78, 5) is 13.5. The fourth-order valence-electron chi connectivity index (χ4n) is 2.14. The second-order valence-electron chi connectivity index (χ2n) is 5.51. The van der Waals surface area contributed by atoms with E-state index in [-0.39, 0.29) is 25.2 Å². The van der Waals surface area contributed by atoms with E-state index in [1.165, 1.54) is 4.90 Å². The molecule has 0 radical (unpaired) electrons. The number of ether oxygens (including phenoxy) is 1. The van der Waals surface area contributed by atoms with Crippen LogP contribution in [0.5, 0.6) is 0 Å². The lowest BCUT2D eigenvalue weighted by Crippen LogP contribution is -2.52. The Morgan fingerprint density at radius 1 is 1.35 bits per heavy atom. The lowest BCUT2D eigenvalue weighted by Gasteiger charge is -2.40. The van der Waals surface area contributed by atoms with Crippen LogP contribution in [0.4, 0.5) is 4.79 Å². The number of piperidine rings is 1. The quantitative estimate of drug-likeness (QED) is 0.761. The number of hydrogen-bond donors (Lipinski definition) is 2. The minimum absolute atomic E-state index is 0.00940. The molecule has 1 saturated heterocycles. The third-order valence-corrected chi connectivity index (χ3v) is 2.97. The van der Waals surface area contributed by atoms with Crippen molar-refractivity contribution >= 4 is 6.09 Å². The molecule has 0 saturated carbocycles. The average Bonchev–Trinajstić information content (AvgIpc) is 2.25. The molecule has 1 amide bonds. The molecular formula is C12H23NO4. The number of rotatable bonds is 2. The first kappa shape index (κ1) is 14.3. The third-order valence-electron chi connectivity index (χ3n) is 2.97. The molecule has 2 N–H and O–H groups in total. The summed E-state index contributed by atoms with van der Waals surface area (Å²) in [6, 6.07) is -0.330. The van der Waals surface area contributed by atoms with Gasteiger partial charge in [0.1, 0.15) is 5.60 Å². The maximum Gasteiger partial charge on any atom is 0.410 e. The summed E-state index contributed by atoms with van der Waals surface area (Å²) in [5.41, 5.74) is -0.538. The van der Waals surface area contributed by atoms with Crippen LogP contribution < -0.4 is 0 Å². The Morgan fingerprint density at radius 2 is 2.00 bits per heavy atom. The van der Waals surface area contributed by atoms with Gasteiger partial charge in [0.2, 0.25) is 0 Å². The van der Waals surface area contributed by atoms with Gasteiger partial charge in [-0.25, -0.2) is 4.79 Å². The van der Waals surface area contributed by atoms with Gasteiger partial charge in [-0.15, -0.1) is 0 Å². The SMILES string of the molecule is CC(C)(C)OC(=O)N1CCCC(CO)C1CO. The highest BCUT2D eigenvalue weighted by atomic mass is 16.6. The number of hydrogen-bond acceptors (Lipinski definition) is 4.